The fourth-order valence-corrected chi connectivity index (χ4v) is 2.96. The highest BCUT2D eigenvalue weighted by atomic mass is 16.5. The second-order valence-corrected chi connectivity index (χ2v) is 8.16. The van der Waals surface area contributed by atoms with Gasteiger partial charge in [0.1, 0.15) is 5.75 Å². The maximum atomic E-state index is 12.2. The number of anilines is 1. The molecular weight excluding hydrogens is 378 g/mol. The van der Waals surface area contributed by atoms with Crippen LogP contribution in [-0.4, -0.2) is 22.7 Å². The van der Waals surface area contributed by atoms with E-state index < -0.39 is 0 Å². The van der Waals surface area contributed by atoms with E-state index in [2.05, 4.69) is 48.4 Å². The summed E-state index contributed by atoms with van der Waals surface area (Å²) in [5, 5.41) is 9.31. The number of amides is 1. The fraction of sp³-hybridized carbons (Fsp3) is 0.292. The van der Waals surface area contributed by atoms with E-state index in [0.717, 1.165) is 11.3 Å². The number of aromatic amines is 1. The Hall–Kier alpha value is -3.41. The van der Waals surface area contributed by atoms with Crippen molar-refractivity contribution in [3.05, 3.63) is 76.6 Å². The topological polar surface area (TPSA) is 84.1 Å². The summed E-state index contributed by atoms with van der Waals surface area (Å²) in [6.45, 7) is 7.00. The molecule has 0 spiro atoms. The van der Waals surface area contributed by atoms with Crippen LogP contribution < -0.4 is 15.6 Å². The third-order valence-corrected chi connectivity index (χ3v) is 4.66. The minimum Gasteiger partial charge on any atom is -0.494 e. The van der Waals surface area contributed by atoms with E-state index in [1.54, 1.807) is 6.07 Å². The highest BCUT2D eigenvalue weighted by molar-refractivity contribution is 5.91. The van der Waals surface area contributed by atoms with Gasteiger partial charge >= 0.3 is 0 Å². The number of nitrogens with zero attached hydrogens (tertiary/aromatic N) is 1. The van der Waals surface area contributed by atoms with E-state index in [4.69, 9.17) is 4.74 Å². The first-order chi connectivity index (χ1) is 14.3. The molecule has 2 N–H and O–H groups in total. The molecule has 0 saturated carbocycles. The number of aromatic nitrogens is 2. The molecule has 3 aromatic rings. The number of benzene rings is 2. The third kappa shape index (κ3) is 6.04. The Morgan fingerprint density at radius 3 is 2.50 bits per heavy atom. The van der Waals surface area contributed by atoms with Gasteiger partial charge in [0.25, 0.3) is 5.56 Å². The van der Waals surface area contributed by atoms with Crippen LogP contribution >= 0.6 is 0 Å². The van der Waals surface area contributed by atoms with Crippen molar-refractivity contribution in [2.75, 3.05) is 11.9 Å². The van der Waals surface area contributed by atoms with Gasteiger partial charge < -0.3 is 10.1 Å². The Kier molecular flexibility index (Phi) is 6.67. The predicted molar refractivity (Wildman–Crippen MR) is 119 cm³/mol. The monoisotopic (exact) mass is 405 g/mol. The molecule has 0 atom stereocenters. The SMILES string of the molecule is CC(C)(C)c1ccc(OCCCC(=O)Nc2cccc(-c3ccc(=O)[nH]n3)c2)cc1. The number of ether oxygens (including phenoxy) is 1. The molecule has 0 unspecified atom stereocenters. The molecule has 0 fully saturated rings. The van der Waals surface area contributed by atoms with Crippen molar-refractivity contribution in [3.63, 3.8) is 0 Å². The molecule has 6 heteroatoms. The standard InChI is InChI=1S/C24H27N3O3/c1-24(2,3)18-9-11-20(12-10-18)30-15-5-8-22(28)25-19-7-4-6-17(16-19)21-13-14-23(29)27-26-21/h4,6-7,9-14,16H,5,8,15H2,1-3H3,(H,25,28)(H,27,29). The average Bonchev–Trinajstić information content (AvgIpc) is 2.72. The number of rotatable bonds is 7. The van der Waals surface area contributed by atoms with Crippen molar-refractivity contribution in [2.24, 2.45) is 0 Å². The Balaban J connectivity index is 1.46. The molecule has 1 heterocycles. The van der Waals surface area contributed by atoms with Gasteiger partial charge in [-0.15, -0.1) is 0 Å². The number of carbonyl (C=O) groups is 1. The van der Waals surface area contributed by atoms with Crippen LogP contribution in [0, 0.1) is 0 Å². The highest BCUT2D eigenvalue weighted by Gasteiger charge is 2.13. The lowest BCUT2D eigenvalue weighted by Gasteiger charge is -2.19. The normalized spacial score (nSPS) is 11.2. The van der Waals surface area contributed by atoms with E-state index in [9.17, 15) is 9.59 Å². The minimum absolute atomic E-state index is 0.0757. The van der Waals surface area contributed by atoms with Gasteiger partial charge in [-0.1, -0.05) is 45.0 Å². The summed E-state index contributed by atoms with van der Waals surface area (Å²) in [5.74, 6) is 0.734. The first-order valence-corrected chi connectivity index (χ1v) is 10.0. The van der Waals surface area contributed by atoms with Gasteiger partial charge in [-0.25, -0.2) is 5.10 Å². The number of H-pyrrole nitrogens is 1. The molecule has 1 amide bonds. The zero-order chi connectivity index (χ0) is 21.6. The zero-order valence-electron chi connectivity index (χ0n) is 17.6. The van der Waals surface area contributed by atoms with Crippen molar-refractivity contribution in [1.82, 2.24) is 10.2 Å². The zero-order valence-corrected chi connectivity index (χ0v) is 17.6. The summed E-state index contributed by atoms with van der Waals surface area (Å²) in [5.41, 5.74) is 3.25. The maximum absolute atomic E-state index is 12.2. The van der Waals surface area contributed by atoms with E-state index in [1.807, 2.05) is 36.4 Å². The van der Waals surface area contributed by atoms with Gasteiger partial charge in [0.05, 0.1) is 12.3 Å². The third-order valence-electron chi connectivity index (χ3n) is 4.66. The van der Waals surface area contributed by atoms with Crippen LogP contribution in [0.15, 0.2) is 65.5 Å². The molecular formula is C24H27N3O3. The molecule has 0 aliphatic heterocycles. The maximum Gasteiger partial charge on any atom is 0.264 e. The highest BCUT2D eigenvalue weighted by Crippen LogP contribution is 2.24. The van der Waals surface area contributed by atoms with E-state index in [1.165, 1.54) is 11.6 Å². The molecule has 0 radical (unpaired) electrons. The first-order valence-electron chi connectivity index (χ1n) is 10.0. The number of hydrogen-bond acceptors (Lipinski definition) is 4. The quantitative estimate of drug-likeness (QED) is 0.566. The van der Waals surface area contributed by atoms with Crippen LogP contribution in [0.1, 0.15) is 39.2 Å². The van der Waals surface area contributed by atoms with Crippen LogP contribution in [0.5, 0.6) is 5.75 Å². The number of carbonyl (C=O) groups excluding carboxylic acids is 1. The van der Waals surface area contributed by atoms with Crippen molar-refractivity contribution < 1.29 is 9.53 Å². The van der Waals surface area contributed by atoms with Gasteiger partial charge in [-0.05, 0) is 47.7 Å². The number of hydrogen-bond donors (Lipinski definition) is 2. The van der Waals surface area contributed by atoms with E-state index in [0.29, 0.717) is 30.8 Å². The smallest absolute Gasteiger partial charge is 0.264 e. The summed E-state index contributed by atoms with van der Waals surface area (Å²) < 4.78 is 5.74. The van der Waals surface area contributed by atoms with Gasteiger partial charge in [-0.3, -0.25) is 9.59 Å². The Labute approximate surface area is 176 Å². The van der Waals surface area contributed by atoms with Gasteiger partial charge in [0, 0.05) is 23.7 Å². The lowest BCUT2D eigenvalue weighted by atomic mass is 9.87. The largest absolute Gasteiger partial charge is 0.494 e. The lowest BCUT2D eigenvalue weighted by molar-refractivity contribution is -0.116. The summed E-state index contributed by atoms with van der Waals surface area (Å²) >= 11 is 0. The van der Waals surface area contributed by atoms with Crippen LogP contribution in [0.25, 0.3) is 11.3 Å². The van der Waals surface area contributed by atoms with Crippen LogP contribution in [0.3, 0.4) is 0 Å². The second-order valence-electron chi connectivity index (χ2n) is 8.16. The molecule has 156 valence electrons. The van der Waals surface area contributed by atoms with E-state index >= 15 is 0 Å². The van der Waals surface area contributed by atoms with Crippen molar-refractivity contribution >= 4 is 11.6 Å². The molecule has 2 aromatic carbocycles. The van der Waals surface area contributed by atoms with Crippen LogP contribution in [0.4, 0.5) is 5.69 Å². The molecule has 0 aliphatic carbocycles. The van der Waals surface area contributed by atoms with Gasteiger partial charge in [0.15, 0.2) is 0 Å². The summed E-state index contributed by atoms with van der Waals surface area (Å²) in [6.07, 6.45) is 0.981. The molecule has 3 rings (SSSR count). The Morgan fingerprint density at radius 1 is 1.07 bits per heavy atom. The van der Waals surface area contributed by atoms with Crippen molar-refractivity contribution in [2.45, 2.75) is 39.0 Å². The molecule has 1 aromatic heterocycles. The summed E-state index contributed by atoms with van der Waals surface area (Å²) in [4.78, 5) is 23.4. The number of nitrogens with one attached hydrogen (secondary N) is 2. The minimum atomic E-state index is -0.254. The van der Waals surface area contributed by atoms with E-state index in [-0.39, 0.29) is 16.9 Å². The van der Waals surface area contributed by atoms with Gasteiger partial charge in [-0.2, -0.15) is 5.10 Å². The Morgan fingerprint density at radius 2 is 1.83 bits per heavy atom. The van der Waals surface area contributed by atoms with Crippen molar-refractivity contribution in [1.29, 1.82) is 0 Å². The second kappa shape index (κ2) is 9.39. The average molecular weight is 405 g/mol. The van der Waals surface area contributed by atoms with Crippen molar-refractivity contribution in [3.8, 4) is 17.0 Å². The molecule has 6 nitrogen and oxygen atoms in total. The lowest BCUT2D eigenvalue weighted by Crippen LogP contribution is -2.13. The fourth-order valence-electron chi connectivity index (χ4n) is 2.96. The Bertz CT molecular complexity index is 1030. The van der Waals surface area contributed by atoms with Gasteiger partial charge in [0.2, 0.25) is 5.91 Å². The molecule has 0 aliphatic rings. The molecule has 0 saturated heterocycles. The summed E-state index contributed by atoms with van der Waals surface area (Å²) in [6, 6.07) is 18.5. The van der Waals surface area contributed by atoms with Crippen LogP contribution in [0.2, 0.25) is 0 Å². The van der Waals surface area contributed by atoms with Crippen LogP contribution in [-0.2, 0) is 10.2 Å². The molecule has 30 heavy (non-hydrogen) atoms. The summed E-state index contributed by atoms with van der Waals surface area (Å²) in [7, 11) is 0. The molecule has 0 bridgehead atoms. The predicted octanol–water partition coefficient (Wildman–Crippen LogP) is 4.53. The first kappa shape index (κ1) is 21.3.